The van der Waals surface area contributed by atoms with Gasteiger partial charge in [-0.25, -0.2) is 0 Å². The number of hydrogen-bond acceptors (Lipinski definition) is 5. The summed E-state index contributed by atoms with van der Waals surface area (Å²) in [6.45, 7) is 4.97. The number of rotatable bonds is 66. The van der Waals surface area contributed by atoms with Crippen molar-refractivity contribution in [2.24, 2.45) is 0 Å². The summed E-state index contributed by atoms with van der Waals surface area (Å²) in [6.07, 6.45) is 83.6. The summed E-state index contributed by atoms with van der Waals surface area (Å²) in [5.74, 6) is -0.0282. The number of hydrogen-bond donors (Lipinski definition) is 3. The van der Waals surface area contributed by atoms with E-state index >= 15 is 0 Å². The lowest BCUT2D eigenvalue weighted by atomic mass is 10.0. The molecule has 0 aliphatic carbocycles. The smallest absolute Gasteiger partial charge is 0.305 e. The Balaban J connectivity index is 3.40. The highest BCUT2D eigenvalue weighted by Crippen LogP contribution is 2.19. The van der Waals surface area contributed by atoms with Crippen molar-refractivity contribution >= 4 is 11.9 Å². The summed E-state index contributed by atoms with van der Waals surface area (Å²) in [6, 6.07) is -0.545. The fraction of sp³-hybridized carbons (Fsp3) is 0.915. The van der Waals surface area contributed by atoms with Gasteiger partial charge >= 0.3 is 5.97 Å². The first-order valence-corrected chi connectivity index (χ1v) is 35.1. The minimum absolute atomic E-state index is 0.00570. The first-order valence-electron chi connectivity index (χ1n) is 35.1. The maximum absolute atomic E-state index is 12.5. The highest BCUT2D eigenvalue weighted by Gasteiger charge is 2.20. The molecule has 0 aliphatic rings. The van der Waals surface area contributed by atoms with Crippen LogP contribution in [0.3, 0.4) is 0 Å². The van der Waals surface area contributed by atoms with E-state index in [0.717, 1.165) is 44.9 Å². The highest BCUT2D eigenvalue weighted by atomic mass is 16.5. The van der Waals surface area contributed by atoms with Gasteiger partial charge in [-0.3, -0.25) is 9.59 Å². The van der Waals surface area contributed by atoms with Gasteiger partial charge in [0, 0.05) is 12.8 Å². The lowest BCUT2D eigenvalue weighted by Gasteiger charge is -2.22. The van der Waals surface area contributed by atoms with Crippen LogP contribution in [-0.4, -0.2) is 47.4 Å². The third kappa shape index (κ3) is 63.4. The minimum Gasteiger partial charge on any atom is -0.466 e. The number of ether oxygens (including phenoxy) is 1. The van der Waals surface area contributed by atoms with Crippen LogP contribution in [0.15, 0.2) is 24.3 Å². The van der Waals surface area contributed by atoms with E-state index in [9.17, 15) is 19.8 Å². The standard InChI is InChI=1S/C71H137NO5/c1-3-5-7-9-11-13-15-17-19-20-21-27-30-33-36-39-43-47-51-55-59-63-69(74)68(67-73)72-70(75)64-60-56-52-48-44-40-37-34-31-28-25-23-22-24-26-29-32-35-38-42-46-50-54-58-62-66-77-71(76)65-61-57-53-49-45-41-18-16-14-12-10-8-6-4-2/h16,18,23,25,68-69,73-74H,3-15,17,19-22,24,26-67H2,1-2H3,(H,72,75)/b18-16-,25-23-. The molecule has 0 saturated carbocycles. The number of carbonyl (C=O) groups is 2. The maximum atomic E-state index is 12.5. The molecule has 1 amide bonds. The third-order valence-electron chi connectivity index (χ3n) is 16.5. The van der Waals surface area contributed by atoms with E-state index < -0.39 is 12.1 Å². The number of esters is 1. The largest absolute Gasteiger partial charge is 0.466 e. The second-order valence-electron chi connectivity index (χ2n) is 24.2. The van der Waals surface area contributed by atoms with Crippen LogP contribution < -0.4 is 5.32 Å². The molecule has 0 fully saturated rings. The lowest BCUT2D eigenvalue weighted by Crippen LogP contribution is -2.45. The summed E-state index contributed by atoms with van der Waals surface area (Å²) >= 11 is 0. The van der Waals surface area contributed by atoms with Crippen molar-refractivity contribution in [1.82, 2.24) is 5.32 Å². The molecule has 0 heterocycles. The van der Waals surface area contributed by atoms with Crippen molar-refractivity contribution in [2.75, 3.05) is 13.2 Å². The molecule has 3 N–H and O–H groups in total. The zero-order valence-electron chi connectivity index (χ0n) is 52.2. The number of nitrogens with one attached hydrogen (secondary N) is 1. The molecule has 0 aliphatic heterocycles. The summed E-state index contributed by atoms with van der Waals surface area (Å²) in [5.41, 5.74) is 0. The Morgan fingerprint density at radius 1 is 0.351 bits per heavy atom. The van der Waals surface area contributed by atoms with Gasteiger partial charge in [-0.05, 0) is 77.0 Å². The highest BCUT2D eigenvalue weighted by molar-refractivity contribution is 5.76. The second kappa shape index (κ2) is 66.8. The van der Waals surface area contributed by atoms with Gasteiger partial charge in [0.15, 0.2) is 0 Å². The van der Waals surface area contributed by atoms with E-state index in [-0.39, 0.29) is 18.5 Å². The molecule has 0 aromatic carbocycles. The van der Waals surface area contributed by atoms with Crippen molar-refractivity contribution in [1.29, 1.82) is 0 Å². The van der Waals surface area contributed by atoms with E-state index in [2.05, 4.69) is 43.5 Å². The Bertz CT molecular complexity index is 1200. The van der Waals surface area contributed by atoms with Crippen molar-refractivity contribution in [3.63, 3.8) is 0 Å². The van der Waals surface area contributed by atoms with Crippen molar-refractivity contribution in [3.8, 4) is 0 Å². The number of unbranched alkanes of at least 4 members (excludes halogenated alkanes) is 51. The molecular formula is C71H137NO5. The second-order valence-corrected chi connectivity index (χ2v) is 24.2. The van der Waals surface area contributed by atoms with Crippen LogP contribution in [0.4, 0.5) is 0 Å². The Hall–Kier alpha value is -1.66. The molecule has 0 saturated heterocycles. The van der Waals surface area contributed by atoms with Gasteiger partial charge in [-0.2, -0.15) is 0 Å². The number of carbonyl (C=O) groups excluding carboxylic acids is 2. The van der Waals surface area contributed by atoms with E-state index in [1.807, 2.05) is 0 Å². The molecule has 0 aromatic rings. The molecular weight excluding hydrogens is 947 g/mol. The Morgan fingerprint density at radius 2 is 0.610 bits per heavy atom. The van der Waals surface area contributed by atoms with Crippen LogP contribution in [0.2, 0.25) is 0 Å². The minimum atomic E-state index is -0.667. The van der Waals surface area contributed by atoms with Crippen molar-refractivity contribution < 1.29 is 24.5 Å². The normalized spacial score (nSPS) is 12.6. The van der Waals surface area contributed by atoms with Crippen LogP contribution in [0.5, 0.6) is 0 Å². The molecule has 0 rings (SSSR count). The zero-order chi connectivity index (χ0) is 55.7. The third-order valence-corrected chi connectivity index (χ3v) is 16.5. The van der Waals surface area contributed by atoms with E-state index in [4.69, 9.17) is 4.74 Å². The van der Waals surface area contributed by atoms with Crippen molar-refractivity contribution in [3.05, 3.63) is 24.3 Å². The van der Waals surface area contributed by atoms with Crippen LogP contribution >= 0.6 is 0 Å². The summed E-state index contributed by atoms with van der Waals surface area (Å²) < 4.78 is 5.48. The van der Waals surface area contributed by atoms with Gasteiger partial charge in [0.2, 0.25) is 5.91 Å². The number of allylic oxidation sites excluding steroid dienone is 4. The molecule has 2 atom stereocenters. The molecule has 0 radical (unpaired) electrons. The SMILES string of the molecule is CCCCCCC/C=C\CCCCCCCC(=O)OCCCCCCCCCCCCCC/C=C\CCCCCCCCCCCC(=O)NC(CO)C(O)CCCCCCCCCCCCCCCCCCCCCCC. The van der Waals surface area contributed by atoms with Gasteiger partial charge in [-0.15, -0.1) is 0 Å². The fourth-order valence-electron chi connectivity index (χ4n) is 11.1. The number of amides is 1. The van der Waals surface area contributed by atoms with Gasteiger partial charge in [-0.1, -0.05) is 327 Å². The molecule has 0 spiro atoms. The molecule has 2 unspecified atom stereocenters. The van der Waals surface area contributed by atoms with Crippen LogP contribution in [0.25, 0.3) is 0 Å². The summed E-state index contributed by atoms with van der Waals surface area (Å²) in [7, 11) is 0. The number of aliphatic hydroxyl groups is 2. The summed E-state index contributed by atoms with van der Waals surface area (Å²) in [5, 5.41) is 23.4. The van der Waals surface area contributed by atoms with Gasteiger partial charge in [0.05, 0.1) is 25.4 Å². The Labute approximate surface area is 481 Å². The maximum Gasteiger partial charge on any atom is 0.305 e. The average molecular weight is 1080 g/mol. The zero-order valence-corrected chi connectivity index (χ0v) is 52.2. The monoisotopic (exact) mass is 1080 g/mol. The first-order chi connectivity index (χ1) is 38.0. The molecule has 0 aromatic heterocycles. The molecule has 0 bridgehead atoms. The average Bonchev–Trinajstić information content (AvgIpc) is 3.43. The Morgan fingerprint density at radius 3 is 0.922 bits per heavy atom. The van der Waals surface area contributed by atoms with Crippen LogP contribution in [-0.2, 0) is 14.3 Å². The molecule has 6 nitrogen and oxygen atoms in total. The quantitative estimate of drug-likeness (QED) is 0.0320. The first kappa shape index (κ1) is 75.3. The Kier molecular flexibility index (Phi) is 65.4. The van der Waals surface area contributed by atoms with Gasteiger partial charge < -0.3 is 20.3 Å². The van der Waals surface area contributed by atoms with Crippen molar-refractivity contribution in [2.45, 2.75) is 405 Å². The lowest BCUT2D eigenvalue weighted by molar-refractivity contribution is -0.143. The topological polar surface area (TPSA) is 95.9 Å². The number of aliphatic hydroxyl groups excluding tert-OH is 2. The molecule has 77 heavy (non-hydrogen) atoms. The summed E-state index contributed by atoms with van der Waals surface area (Å²) in [4.78, 5) is 24.6. The molecule has 6 heteroatoms. The van der Waals surface area contributed by atoms with Gasteiger partial charge in [0.25, 0.3) is 0 Å². The predicted octanol–water partition coefficient (Wildman–Crippen LogP) is 22.5. The fourth-order valence-corrected chi connectivity index (χ4v) is 11.1. The van der Waals surface area contributed by atoms with E-state index in [0.29, 0.717) is 25.9 Å². The van der Waals surface area contributed by atoms with Gasteiger partial charge in [0.1, 0.15) is 0 Å². The van der Waals surface area contributed by atoms with E-state index in [1.54, 1.807) is 0 Å². The van der Waals surface area contributed by atoms with Crippen LogP contribution in [0.1, 0.15) is 393 Å². The van der Waals surface area contributed by atoms with Crippen LogP contribution in [0, 0.1) is 0 Å². The predicted molar refractivity (Wildman–Crippen MR) is 338 cm³/mol. The molecule has 456 valence electrons. The van der Waals surface area contributed by atoms with E-state index in [1.165, 1.54) is 315 Å².